The van der Waals surface area contributed by atoms with Gasteiger partial charge in [0.1, 0.15) is 35.2 Å². The minimum absolute atomic E-state index is 0.0116. The summed E-state index contributed by atoms with van der Waals surface area (Å²) in [7, 11) is 0. The van der Waals surface area contributed by atoms with Crippen molar-refractivity contribution >= 4 is 40.1 Å². The number of aromatic nitrogens is 3. The molecule has 0 saturated carbocycles. The number of aromatic amines is 1. The first-order chi connectivity index (χ1) is 16.6. The average molecular weight is 476 g/mol. The molecule has 4 aromatic rings. The van der Waals surface area contributed by atoms with Crippen molar-refractivity contribution < 1.29 is 14.3 Å². The fraction of sp³-hybridized carbons (Fsp3) is 0.200. The highest BCUT2D eigenvalue weighted by molar-refractivity contribution is 6.27. The van der Waals surface area contributed by atoms with E-state index < -0.39 is 0 Å². The molecule has 1 atom stereocenters. The number of benzene rings is 2. The van der Waals surface area contributed by atoms with Crippen LogP contribution in [0.3, 0.4) is 0 Å². The number of alkyl halides is 1. The molecular weight excluding hydrogens is 454 g/mol. The van der Waals surface area contributed by atoms with Crippen LogP contribution < -0.4 is 10.1 Å². The smallest absolute Gasteiger partial charge is 0.237 e. The molecule has 2 aromatic carbocycles. The number of para-hydroxylation sites is 1. The van der Waals surface area contributed by atoms with Gasteiger partial charge < -0.3 is 19.9 Å². The Hall–Kier alpha value is -3.91. The van der Waals surface area contributed by atoms with Crippen LogP contribution >= 0.6 is 11.6 Å². The van der Waals surface area contributed by atoms with Gasteiger partial charge in [0.05, 0.1) is 10.9 Å². The van der Waals surface area contributed by atoms with Crippen molar-refractivity contribution in [3.8, 4) is 11.5 Å². The molecule has 0 spiro atoms. The van der Waals surface area contributed by atoms with Crippen molar-refractivity contribution in [1.82, 2.24) is 19.9 Å². The maximum Gasteiger partial charge on any atom is 0.237 e. The second-order valence-corrected chi connectivity index (χ2v) is 8.29. The van der Waals surface area contributed by atoms with Gasteiger partial charge in [-0.25, -0.2) is 9.97 Å². The van der Waals surface area contributed by atoms with Crippen LogP contribution in [0, 0.1) is 0 Å². The van der Waals surface area contributed by atoms with Gasteiger partial charge >= 0.3 is 0 Å². The van der Waals surface area contributed by atoms with Gasteiger partial charge in [0.25, 0.3) is 0 Å². The summed E-state index contributed by atoms with van der Waals surface area (Å²) in [5, 5.41) is 4.01. The third kappa shape index (κ3) is 4.45. The van der Waals surface area contributed by atoms with Crippen LogP contribution in [0.25, 0.3) is 11.0 Å². The number of nitrogens with zero attached hydrogens (tertiary/aromatic N) is 3. The molecule has 0 radical (unpaired) electrons. The molecule has 2 aromatic heterocycles. The van der Waals surface area contributed by atoms with Crippen LogP contribution in [0.4, 0.5) is 5.82 Å². The third-order valence-corrected chi connectivity index (χ3v) is 6.03. The van der Waals surface area contributed by atoms with Crippen LogP contribution in [0.1, 0.15) is 22.3 Å². The lowest BCUT2D eigenvalue weighted by Gasteiger charge is -2.16. The molecule has 1 aliphatic heterocycles. The van der Waals surface area contributed by atoms with Crippen LogP contribution in [0.2, 0.25) is 0 Å². The zero-order chi connectivity index (χ0) is 23.5. The predicted octanol–water partition coefficient (Wildman–Crippen LogP) is 4.23. The zero-order valence-electron chi connectivity index (χ0n) is 18.2. The quantitative estimate of drug-likeness (QED) is 0.306. The Balaban J connectivity index is 1.37. The molecule has 1 fully saturated rings. The van der Waals surface area contributed by atoms with Crippen molar-refractivity contribution in [1.29, 1.82) is 0 Å². The Labute approximate surface area is 200 Å². The Bertz CT molecular complexity index is 1320. The molecule has 1 amide bonds. The molecule has 2 N–H and O–H groups in total. The van der Waals surface area contributed by atoms with Crippen LogP contribution in [-0.2, 0) is 4.79 Å². The molecule has 172 valence electrons. The highest BCUT2D eigenvalue weighted by Gasteiger charge is 2.27. The lowest BCUT2D eigenvalue weighted by Crippen LogP contribution is -2.32. The first kappa shape index (κ1) is 21.9. The first-order valence-corrected chi connectivity index (χ1v) is 11.5. The zero-order valence-corrected chi connectivity index (χ0v) is 19.0. The minimum Gasteiger partial charge on any atom is -0.457 e. The van der Waals surface area contributed by atoms with E-state index in [0.29, 0.717) is 46.8 Å². The molecule has 0 bridgehead atoms. The number of ether oxygens (including phenoxy) is 1. The van der Waals surface area contributed by atoms with Crippen molar-refractivity contribution in [2.24, 2.45) is 0 Å². The number of nitrogens with one attached hydrogen (secondary N) is 2. The molecular formula is C25H22ClN5O3. The summed E-state index contributed by atoms with van der Waals surface area (Å²) in [5.41, 5.74) is 1.56. The van der Waals surface area contributed by atoms with E-state index in [-0.39, 0.29) is 23.6 Å². The number of amides is 1. The number of halogens is 1. The lowest BCUT2D eigenvalue weighted by molar-refractivity contribution is -0.127. The van der Waals surface area contributed by atoms with Crippen LogP contribution in [0.5, 0.6) is 11.5 Å². The molecule has 0 aliphatic carbocycles. The molecule has 5 rings (SSSR count). The standard InChI is InChI=1S/C25H22ClN5O3/c26-12-21(32)31-11-10-17(14-31)30-25-22-20(13-27-24(22)28-15-29-25)23(33)16-6-8-19(9-7-16)34-18-4-2-1-3-5-18/h1-9,13,15,17H,10-12,14H2,(H2,27,28,29,30). The summed E-state index contributed by atoms with van der Waals surface area (Å²) >= 11 is 5.69. The molecule has 3 heterocycles. The van der Waals surface area contributed by atoms with E-state index in [1.54, 1.807) is 35.4 Å². The van der Waals surface area contributed by atoms with E-state index in [1.165, 1.54) is 6.33 Å². The van der Waals surface area contributed by atoms with Crippen LogP contribution in [-0.4, -0.2) is 56.6 Å². The third-order valence-electron chi connectivity index (χ3n) is 5.81. The number of rotatable bonds is 7. The van der Waals surface area contributed by atoms with E-state index in [0.717, 1.165) is 12.2 Å². The van der Waals surface area contributed by atoms with Crippen molar-refractivity contribution in [2.75, 3.05) is 24.3 Å². The van der Waals surface area contributed by atoms with Crippen molar-refractivity contribution in [3.05, 3.63) is 78.2 Å². The minimum atomic E-state index is -0.152. The van der Waals surface area contributed by atoms with E-state index in [9.17, 15) is 9.59 Å². The SMILES string of the molecule is O=C(c1ccc(Oc2ccccc2)cc1)c1c[nH]c2ncnc(NC3CCN(C(=O)CCl)C3)c12. The second-order valence-electron chi connectivity index (χ2n) is 8.02. The number of anilines is 1. The van der Waals surface area contributed by atoms with E-state index in [2.05, 4.69) is 20.3 Å². The molecule has 34 heavy (non-hydrogen) atoms. The second kappa shape index (κ2) is 9.52. The van der Waals surface area contributed by atoms with E-state index in [4.69, 9.17) is 16.3 Å². The predicted molar refractivity (Wildman–Crippen MR) is 130 cm³/mol. The summed E-state index contributed by atoms with van der Waals surface area (Å²) in [4.78, 5) is 38.7. The highest BCUT2D eigenvalue weighted by Crippen LogP contribution is 2.28. The summed E-state index contributed by atoms with van der Waals surface area (Å²) in [6.07, 6.45) is 3.87. The van der Waals surface area contributed by atoms with Gasteiger partial charge in [-0.1, -0.05) is 18.2 Å². The number of ketones is 1. The van der Waals surface area contributed by atoms with Gasteiger partial charge in [-0.2, -0.15) is 0 Å². The molecule has 9 heteroatoms. The number of hydrogen-bond donors (Lipinski definition) is 2. The fourth-order valence-corrected chi connectivity index (χ4v) is 4.26. The van der Waals surface area contributed by atoms with Gasteiger partial charge in [-0.15, -0.1) is 11.6 Å². The van der Waals surface area contributed by atoms with E-state index >= 15 is 0 Å². The number of carbonyl (C=O) groups is 2. The monoisotopic (exact) mass is 475 g/mol. The van der Waals surface area contributed by atoms with Crippen molar-refractivity contribution in [2.45, 2.75) is 12.5 Å². The first-order valence-electron chi connectivity index (χ1n) is 10.9. The highest BCUT2D eigenvalue weighted by atomic mass is 35.5. The maximum absolute atomic E-state index is 13.3. The Morgan fingerprint density at radius 1 is 1.09 bits per heavy atom. The normalized spacial score (nSPS) is 15.4. The Kier molecular flexibility index (Phi) is 6.14. The summed E-state index contributed by atoms with van der Waals surface area (Å²) in [6, 6.07) is 16.5. The van der Waals surface area contributed by atoms with Crippen molar-refractivity contribution in [3.63, 3.8) is 0 Å². The summed E-state index contributed by atoms with van der Waals surface area (Å²) in [6.45, 7) is 1.17. The Morgan fingerprint density at radius 2 is 1.85 bits per heavy atom. The largest absolute Gasteiger partial charge is 0.457 e. The van der Waals surface area contributed by atoms with E-state index in [1.807, 2.05) is 30.3 Å². The van der Waals surface area contributed by atoms with Gasteiger partial charge in [-0.3, -0.25) is 9.59 Å². The Morgan fingerprint density at radius 3 is 2.62 bits per heavy atom. The molecule has 1 aliphatic rings. The fourth-order valence-electron chi connectivity index (χ4n) is 4.09. The molecule has 1 saturated heterocycles. The lowest BCUT2D eigenvalue weighted by atomic mass is 10.0. The maximum atomic E-state index is 13.3. The van der Waals surface area contributed by atoms with Crippen LogP contribution in [0.15, 0.2) is 67.1 Å². The van der Waals surface area contributed by atoms with Gasteiger partial charge in [0.15, 0.2) is 5.78 Å². The molecule has 1 unspecified atom stereocenters. The topological polar surface area (TPSA) is 100 Å². The van der Waals surface area contributed by atoms with Gasteiger partial charge in [-0.05, 0) is 42.8 Å². The average Bonchev–Trinajstić information content (AvgIpc) is 3.52. The number of fused-ring (bicyclic) bond motifs is 1. The number of hydrogen-bond acceptors (Lipinski definition) is 6. The number of carbonyl (C=O) groups excluding carboxylic acids is 2. The van der Waals surface area contributed by atoms with Gasteiger partial charge in [0, 0.05) is 30.9 Å². The summed E-state index contributed by atoms with van der Waals surface area (Å²) in [5.74, 6) is 1.66. The summed E-state index contributed by atoms with van der Waals surface area (Å²) < 4.78 is 5.82. The number of likely N-dealkylation sites (tertiary alicyclic amines) is 1. The number of H-pyrrole nitrogens is 1. The molecule has 8 nitrogen and oxygen atoms in total. The van der Waals surface area contributed by atoms with Gasteiger partial charge in [0.2, 0.25) is 5.91 Å².